The number of halogens is 2. The SMILES string of the molecule is CCCNC(c1ccc(F)c(OC)c1)c1cc(C)c(Br)s1. The molecule has 1 N–H and O–H groups in total. The maximum Gasteiger partial charge on any atom is 0.165 e. The van der Waals surface area contributed by atoms with E-state index in [2.05, 4.69) is 41.2 Å². The van der Waals surface area contributed by atoms with Gasteiger partial charge in [0.2, 0.25) is 0 Å². The highest BCUT2D eigenvalue weighted by molar-refractivity contribution is 9.11. The van der Waals surface area contributed by atoms with Crippen LogP contribution < -0.4 is 10.1 Å². The van der Waals surface area contributed by atoms with Crippen LogP contribution in [0.2, 0.25) is 0 Å². The van der Waals surface area contributed by atoms with Gasteiger partial charge in [0.25, 0.3) is 0 Å². The molecule has 0 aliphatic carbocycles. The lowest BCUT2D eigenvalue weighted by atomic mass is 10.0. The van der Waals surface area contributed by atoms with Gasteiger partial charge in [-0.1, -0.05) is 13.0 Å². The van der Waals surface area contributed by atoms with Crippen molar-refractivity contribution in [3.63, 3.8) is 0 Å². The molecule has 0 aliphatic heterocycles. The van der Waals surface area contributed by atoms with E-state index >= 15 is 0 Å². The lowest BCUT2D eigenvalue weighted by Gasteiger charge is -2.18. The molecule has 0 saturated heterocycles. The number of ether oxygens (including phenoxy) is 1. The second kappa shape index (κ2) is 7.38. The lowest BCUT2D eigenvalue weighted by Crippen LogP contribution is -2.22. The van der Waals surface area contributed by atoms with E-state index < -0.39 is 0 Å². The summed E-state index contributed by atoms with van der Waals surface area (Å²) in [5.41, 5.74) is 2.22. The fraction of sp³-hybridized carbons (Fsp3) is 0.375. The molecule has 0 saturated carbocycles. The zero-order valence-electron chi connectivity index (χ0n) is 12.4. The molecule has 1 unspecified atom stereocenters. The predicted octanol–water partition coefficient (Wildman–Crippen LogP) is 5.06. The van der Waals surface area contributed by atoms with Gasteiger partial charge in [-0.3, -0.25) is 0 Å². The van der Waals surface area contributed by atoms with E-state index in [0.717, 1.165) is 22.3 Å². The number of thiophene rings is 1. The van der Waals surface area contributed by atoms with Crippen molar-refractivity contribution in [3.05, 3.63) is 49.9 Å². The van der Waals surface area contributed by atoms with E-state index in [1.54, 1.807) is 17.4 Å². The molecular weight excluding hydrogens is 353 g/mol. The molecule has 0 radical (unpaired) electrons. The number of aryl methyl sites for hydroxylation is 1. The molecule has 1 heterocycles. The van der Waals surface area contributed by atoms with Gasteiger partial charge in [-0.15, -0.1) is 11.3 Å². The summed E-state index contributed by atoms with van der Waals surface area (Å²) in [6.07, 6.45) is 1.04. The number of hydrogen-bond donors (Lipinski definition) is 1. The summed E-state index contributed by atoms with van der Waals surface area (Å²) >= 11 is 5.28. The Balaban J connectivity index is 2.39. The Morgan fingerprint density at radius 2 is 2.14 bits per heavy atom. The maximum absolute atomic E-state index is 13.6. The average molecular weight is 372 g/mol. The minimum absolute atomic E-state index is 0.0504. The van der Waals surface area contributed by atoms with Gasteiger partial charge in [-0.2, -0.15) is 0 Å². The second-order valence-electron chi connectivity index (χ2n) is 4.89. The minimum atomic E-state index is -0.334. The van der Waals surface area contributed by atoms with Gasteiger partial charge in [-0.25, -0.2) is 4.39 Å². The average Bonchev–Trinajstić information content (AvgIpc) is 2.80. The molecule has 2 aromatic rings. The van der Waals surface area contributed by atoms with Crippen LogP contribution in [0.3, 0.4) is 0 Å². The van der Waals surface area contributed by atoms with Crippen molar-refractivity contribution in [1.82, 2.24) is 5.32 Å². The summed E-state index contributed by atoms with van der Waals surface area (Å²) in [6.45, 7) is 5.11. The Labute approximate surface area is 137 Å². The monoisotopic (exact) mass is 371 g/mol. The molecule has 0 bridgehead atoms. The Hall–Kier alpha value is -0.910. The number of nitrogens with one attached hydrogen (secondary N) is 1. The summed E-state index contributed by atoms with van der Waals surface area (Å²) in [5, 5.41) is 3.52. The molecule has 1 aromatic carbocycles. The van der Waals surface area contributed by atoms with Crippen LogP contribution in [0, 0.1) is 12.7 Å². The van der Waals surface area contributed by atoms with Gasteiger partial charge in [-0.05, 0) is 65.1 Å². The largest absolute Gasteiger partial charge is 0.494 e. The summed E-state index contributed by atoms with van der Waals surface area (Å²) in [7, 11) is 1.49. The van der Waals surface area contributed by atoms with Crippen LogP contribution in [-0.2, 0) is 0 Å². The van der Waals surface area contributed by atoms with Crippen molar-refractivity contribution in [2.45, 2.75) is 26.3 Å². The zero-order chi connectivity index (χ0) is 15.4. The van der Waals surface area contributed by atoms with Crippen molar-refractivity contribution >= 4 is 27.3 Å². The first-order valence-corrected chi connectivity index (χ1v) is 8.50. The maximum atomic E-state index is 13.6. The molecule has 0 aliphatic rings. The third kappa shape index (κ3) is 3.84. The van der Waals surface area contributed by atoms with Gasteiger partial charge >= 0.3 is 0 Å². The van der Waals surface area contributed by atoms with Gasteiger partial charge < -0.3 is 10.1 Å². The van der Waals surface area contributed by atoms with Crippen LogP contribution >= 0.6 is 27.3 Å². The minimum Gasteiger partial charge on any atom is -0.494 e. The molecule has 1 atom stereocenters. The molecule has 114 valence electrons. The molecule has 0 amide bonds. The topological polar surface area (TPSA) is 21.3 Å². The molecule has 5 heteroatoms. The third-order valence-corrected chi connectivity index (χ3v) is 5.47. The van der Waals surface area contributed by atoms with Crippen LogP contribution in [0.25, 0.3) is 0 Å². The van der Waals surface area contributed by atoms with Crippen molar-refractivity contribution in [2.75, 3.05) is 13.7 Å². The molecule has 1 aromatic heterocycles. The van der Waals surface area contributed by atoms with E-state index in [9.17, 15) is 4.39 Å². The fourth-order valence-corrected chi connectivity index (χ4v) is 3.83. The van der Waals surface area contributed by atoms with E-state index in [4.69, 9.17) is 4.74 Å². The van der Waals surface area contributed by atoms with Crippen LogP contribution in [0.1, 0.15) is 35.4 Å². The van der Waals surface area contributed by atoms with E-state index in [-0.39, 0.29) is 17.6 Å². The molecule has 21 heavy (non-hydrogen) atoms. The summed E-state index contributed by atoms with van der Waals surface area (Å²) in [5.74, 6) is -0.0535. The van der Waals surface area contributed by atoms with Gasteiger partial charge in [0.05, 0.1) is 16.9 Å². The zero-order valence-corrected chi connectivity index (χ0v) is 14.8. The van der Waals surface area contributed by atoms with Crippen molar-refractivity contribution < 1.29 is 9.13 Å². The van der Waals surface area contributed by atoms with Crippen molar-refractivity contribution in [1.29, 1.82) is 0 Å². The van der Waals surface area contributed by atoms with Crippen molar-refractivity contribution in [3.8, 4) is 5.75 Å². The van der Waals surface area contributed by atoms with Gasteiger partial charge in [0.15, 0.2) is 11.6 Å². The van der Waals surface area contributed by atoms with Crippen LogP contribution in [0.15, 0.2) is 28.1 Å². The fourth-order valence-electron chi connectivity index (χ4n) is 2.15. The van der Waals surface area contributed by atoms with Crippen LogP contribution in [0.5, 0.6) is 5.75 Å². The standard InChI is InChI=1S/C16H19BrFNOS/c1-4-7-19-15(14-8-10(2)16(17)21-14)11-5-6-12(18)13(9-11)20-3/h5-6,8-9,15,19H,4,7H2,1-3H3. The number of methoxy groups -OCH3 is 1. The summed E-state index contributed by atoms with van der Waals surface area (Å²) in [4.78, 5) is 1.21. The molecule has 2 rings (SSSR count). The Kier molecular flexibility index (Phi) is 5.79. The van der Waals surface area contributed by atoms with E-state index in [1.807, 2.05) is 6.07 Å². The predicted molar refractivity (Wildman–Crippen MR) is 89.8 cm³/mol. The van der Waals surface area contributed by atoms with E-state index in [0.29, 0.717) is 0 Å². The summed E-state index contributed by atoms with van der Waals surface area (Å²) < 4.78 is 19.8. The highest BCUT2D eigenvalue weighted by Crippen LogP contribution is 2.35. The first-order valence-electron chi connectivity index (χ1n) is 6.89. The molecule has 0 fully saturated rings. The van der Waals surface area contributed by atoms with Crippen molar-refractivity contribution in [2.24, 2.45) is 0 Å². The quantitative estimate of drug-likeness (QED) is 0.766. The molecule has 2 nitrogen and oxygen atoms in total. The van der Waals surface area contributed by atoms with Crippen LogP contribution in [-0.4, -0.2) is 13.7 Å². The highest BCUT2D eigenvalue weighted by atomic mass is 79.9. The Bertz CT molecular complexity index is 595. The lowest BCUT2D eigenvalue weighted by molar-refractivity contribution is 0.385. The second-order valence-corrected chi connectivity index (χ2v) is 7.29. The Morgan fingerprint density at radius 1 is 1.38 bits per heavy atom. The smallest absolute Gasteiger partial charge is 0.165 e. The first-order chi connectivity index (χ1) is 10.1. The molecule has 0 spiro atoms. The van der Waals surface area contributed by atoms with Gasteiger partial charge in [0, 0.05) is 4.88 Å². The third-order valence-electron chi connectivity index (χ3n) is 3.27. The highest BCUT2D eigenvalue weighted by Gasteiger charge is 2.18. The van der Waals surface area contributed by atoms with Crippen LogP contribution in [0.4, 0.5) is 4.39 Å². The number of benzene rings is 1. The molecular formula is C16H19BrFNOS. The summed E-state index contributed by atoms with van der Waals surface area (Å²) in [6, 6.07) is 7.26. The number of rotatable bonds is 6. The van der Waals surface area contributed by atoms with Gasteiger partial charge in [0.1, 0.15) is 0 Å². The van der Waals surface area contributed by atoms with E-state index in [1.165, 1.54) is 23.6 Å². The first kappa shape index (κ1) is 16.5. The Morgan fingerprint density at radius 3 is 2.71 bits per heavy atom. The normalized spacial score (nSPS) is 12.4. The number of hydrogen-bond acceptors (Lipinski definition) is 3.